The van der Waals surface area contributed by atoms with Gasteiger partial charge in [-0.25, -0.2) is 4.79 Å². The number of methoxy groups -OCH3 is 1. The highest BCUT2D eigenvalue weighted by atomic mass is 32.1. The van der Waals surface area contributed by atoms with E-state index in [4.69, 9.17) is 17.0 Å². The molecule has 6 nitrogen and oxygen atoms in total. The summed E-state index contributed by atoms with van der Waals surface area (Å²) in [6, 6.07) is 27.4. The number of nitrogens with zero attached hydrogens (tertiary/aromatic N) is 3. The van der Waals surface area contributed by atoms with E-state index in [1.54, 1.807) is 12.3 Å². The van der Waals surface area contributed by atoms with Crippen LogP contribution in [-0.4, -0.2) is 32.6 Å². The molecule has 1 fully saturated rings. The van der Waals surface area contributed by atoms with E-state index in [0.717, 1.165) is 22.6 Å². The molecule has 0 saturated carbocycles. The number of benzene rings is 2. The molecule has 1 saturated heterocycles. The largest absolute Gasteiger partial charge is 0.465 e. The van der Waals surface area contributed by atoms with Gasteiger partial charge in [0.25, 0.3) is 0 Å². The summed E-state index contributed by atoms with van der Waals surface area (Å²) in [5, 5.41) is 4.16. The fourth-order valence-electron chi connectivity index (χ4n) is 4.50. The predicted molar refractivity (Wildman–Crippen MR) is 135 cm³/mol. The minimum atomic E-state index is -0.377. The molecule has 1 aliphatic heterocycles. The van der Waals surface area contributed by atoms with Gasteiger partial charge >= 0.3 is 5.97 Å². The van der Waals surface area contributed by atoms with E-state index in [1.165, 1.54) is 7.11 Å². The Labute approximate surface area is 203 Å². The molecule has 4 aromatic rings. The van der Waals surface area contributed by atoms with Crippen molar-refractivity contribution in [2.24, 2.45) is 0 Å². The summed E-state index contributed by atoms with van der Waals surface area (Å²) in [5.74, 6) is -0.377. The number of carbonyl (C=O) groups excluding carboxylic acids is 1. The molecule has 3 heterocycles. The Balaban J connectivity index is 1.63. The molecule has 2 unspecified atom stereocenters. The van der Waals surface area contributed by atoms with Crippen LogP contribution in [0.2, 0.25) is 0 Å². The Morgan fingerprint density at radius 3 is 2.53 bits per heavy atom. The zero-order valence-electron chi connectivity index (χ0n) is 18.7. The molecule has 1 N–H and O–H groups in total. The number of rotatable bonds is 6. The molecule has 2 atom stereocenters. The van der Waals surface area contributed by atoms with Crippen LogP contribution < -0.4 is 5.32 Å². The zero-order valence-corrected chi connectivity index (χ0v) is 19.5. The number of pyridine rings is 1. The number of hydrogen-bond acceptors (Lipinski definition) is 4. The van der Waals surface area contributed by atoms with Gasteiger partial charge in [-0.05, 0) is 54.2 Å². The lowest BCUT2D eigenvalue weighted by Gasteiger charge is -2.29. The van der Waals surface area contributed by atoms with Crippen LogP contribution in [-0.2, 0) is 11.3 Å². The fourth-order valence-corrected chi connectivity index (χ4v) is 4.80. The first-order valence-corrected chi connectivity index (χ1v) is 11.4. The number of aromatic nitrogens is 2. The van der Waals surface area contributed by atoms with Crippen molar-refractivity contribution in [1.82, 2.24) is 19.8 Å². The number of thiocarbonyl (C=S) groups is 1. The molecule has 0 spiro atoms. The van der Waals surface area contributed by atoms with Crippen LogP contribution in [0.1, 0.15) is 39.4 Å². The van der Waals surface area contributed by atoms with Crippen molar-refractivity contribution >= 4 is 23.3 Å². The summed E-state index contributed by atoms with van der Waals surface area (Å²) in [7, 11) is 1.40. The van der Waals surface area contributed by atoms with Gasteiger partial charge in [0, 0.05) is 24.6 Å². The van der Waals surface area contributed by atoms with E-state index >= 15 is 0 Å². The number of esters is 1. The summed E-state index contributed by atoms with van der Waals surface area (Å²) in [6.45, 7) is 0.643. The standard InChI is InChI=1S/C27H24N4O2S/c1-33-26(32)20-12-5-6-14-22(20)30-17-9-15-23(30)25-24(21-13-7-8-16-28-21)29-27(34)31(25)18-19-10-3-2-4-11-19/h2-17,24-25H,18H2,1H3,(H,29,34). The van der Waals surface area contributed by atoms with Crippen LogP contribution in [0.25, 0.3) is 5.69 Å². The highest BCUT2D eigenvalue weighted by Gasteiger charge is 2.41. The molecular weight excluding hydrogens is 444 g/mol. The number of ether oxygens (including phenoxy) is 1. The van der Waals surface area contributed by atoms with Gasteiger partial charge in [0.2, 0.25) is 0 Å². The van der Waals surface area contributed by atoms with Gasteiger partial charge in [0.05, 0.1) is 36.1 Å². The lowest BCUT2D eigenvalue weighted by Crippen LogP contribution is -2.30. The minimum Gasteiger partial charge on any atom is -0.465 e. The Morgan fingerprint density at radius 1 is 1.00 bits per heavy atom. The molecule has 2 aromatic heterocycles. The van der Waals surface area contributed by atoms with E-state index < -0.39 is 0 Å². The Kier molecular flexibility index (Phi) is 6.10. The van der Waals surface area contributed by atoms with Crippen molar-refractivity contribution in [3.05, 3.63) is 120 Å². The second-order valence-electron chi connectivity index (χ2n) is 8.05. The molecule has 170 valence electrons. The van der Waals surface area contributed by atoms with E-state index in [2.05, 4.69) is 33.4 Å². The first-order chi connectivity index (χ1) is 16.7. The topological polar surface area (TPSA) is 59.4 Å². The zero-order chi connectivity index (χ0) is 23.5. The molecule has 0 amide bonds. The van der Waals surface area contributed by atoms with Crippen molar-refractivity contribution < 1.29 is 9.53 Å². The van der Waals surface area contributed by atoms with Crippen molar-refractivity contribution in [2.75, 3.05) is 7.11 Å². The molecule has 0 radical (unpaired) electrons. The van der Waals surface area contributed by atoms with Gasteiger partial charge in [0.15, 0.2) is 5.11 Å². The third-order valence-corrected chi connectivity index (χ3v) is 6.40. The average Bonchev–Trinajstić information content (AvgIpc) is 3.49. The molecule has 2 aromatic carbocycles. The van der Waals surface area contributed by atoms with Crippen LogP contribution in [0.3, 0.4) is 0 Å². The number of hydrogen-bond donors (Lipinski definition) is 1. The van der Waals surface area contributed by atoms with Crippen LogP contribution in [0.4, 0.5) is 0 Å². The number of nitrogens with one attached hydrogen (secondary N) is 1. The van der Waals surface area contributed by atoms with E-state index in [-0.39, 0.29) is 18.1 Å². The SMILES string of the molecule is COC(=O)c1ccccc1-n1cccc1C1C(c2ccccn2)NC(=S)N1Cc1ccccc1. The van der Waals surface area contributed by atoms with E-state index in [0.29, 0.717) is 17.2 Å². The molecule has 0 aliphatic carbocycles. The Hall–Kier alpha value is -3.97. The quantitative estimate of drug-likeness (QED) is 0.323. The Morgan fingerprint density at radius 2 is 1.76 bits per heavy atom. The maximum absolute atomic E-state index is 12.5. The molecule has 1 aliphatic rings. The van der Waals surface area contributed by atoms with Crippen LogP contribution in [0.15, 0.2) is 97.3 Å². The number of carbonyl (C=O) groups is 1. The molecular formula is C27H24N4O2S. The van der Waals surface area contributed by atoms with Gasteiger partial charge in [0.1, 0.15) is 0 Å². The average molecular weight is 469 g/mol. The van der Waals surface area contributed by atoms with Gasteiger partial charge in [-0.2, -0.15) is 0 Å². The second kappa shape index (κ2) is 9.49. The summed E-state index contributed by atoms with van der Waals surface area (Å²) in [5.41, 5.74) is 4.31. The van der Waals surface area contributed by atoms with E-state index in [1.807, 2.05) is 71.4 Å². The second-order valence-corrected chi connectivity index (χ2v) is 8.44. The maximum Gasteiger partial charge on any atom is 0.339 e. The summed E-state index contributed by atoms with van der Waals surface area (Å²) in [6.07, 6.45) is 3.76. The lowest BCUT2D eigenvalue weighted by molar-refractivity contribution is 0.0600. The maximum atomic E-state index is 12.5. The summed E-state index contributed by atoms with van der Waals surface area (Å²) >= 11 is 5.82. The van der Waals surface area contributed by atoms with Gasteiger partial charge in [-0.15, -0.1) is 0 Å². The first-order valence-electron chi connectivity index (χ1n) is 11.0. The van der Waals surface area contributed by atoms with Crippen molar-refractivity contribution in [3.8, 4) is 5.69 Å². The minimum absolute atomic E-state index is 0.150. The Bertz CT molecular complexity index is 1310. The van der Waals surface area contributed by atoms with Gasteiger partial charge in [-0.1, -0.05) is 48.5 Å². The summed E-state index contributed by atoms with van der Waals surface area (Å²) < 4.78 is 7.08. The summed E-state index contributed by atoms with van der Waals surface area (Å²) in [4.78, 5) is 19.3. The van der Waals surface area contributed by atoms with Gasteiger partial charge in [-0.3, -0.25) is 4.98 Å². The fraction of sp³-hybridized carbons (Fsp3) is 0.148. The number of para-hydroxylation sites is 1. The van der Waals surface area contributed by atoms with Crippen LogP contribution in [0.5, 0.6) is 0 Å². The van der Waals surface area contributed by atoms with Crippen molar-refractivity contribution in [3.63, 3.8) is 0 Å². The molecule has 0 bridgehead atoms. The lowest BCUT2D eigenvalue weighted by atomic mass is 10.0. The predicted octanol–water partition coefficient (Wildman–Crippen LogP) is 4.83. The van der Waals surface area contributed by atoms with Gasteiger partial charge < -0.3 is 19.5 Å². The van der Waals surface area contributed by atoms with Crippen molar-refractivity contribution in [2.45, 2.75) is 18.6 Å². The normalized spacial score (nSPS) is 17.4. The highest BCUT2D eigenvalue weighted by Crippen LogP contribution is 2.40. The third kappa shape index (κ3) is 4.06. The highest BCUT2D eigenvalue weighted by molar-refractivity contribution is 7.80. The van der Waals surface area contributed by atoms with Crippen molar-refractivity contribution in [1.29, 1.82) is 0 Å². The first kappa shape index (κ1) is 21.9. The smallest absolute Gasteiger partial charge is 0.339 e. The van der Waals surface area contributed by atoms with Crippen LogP contribution >= 0.6 is 12.2 Å². The molecule has 5 rings (SSSR count). The molecule has 7 heteroatoms. The third-order valence-electron chi connectivity index (χ3n) is 6.05. The van der Waals surface area contributed by atoms with E-state index in [9.17, 15) is 4.79 Å². The van der Waals surface area contributed by atoms with Crippen LogP contribution in [0, 0.1) is 0 Å². The monoisotopic (exact) mass is 468 g/mol. The molecule has 34 heavy (non-hydrogen) atoms.